The van der Waals surface area contributed by atoms with Gasteiger partial charge in [-0.15, -0.1) is 0 Å². The van der Waals surface area contributed by atoms with E-state index >= 15 is 0 Å². The maximum Gasteiger partial charge on any atom is 0.260 e. The number of benzene rings is 1. The molecule has 1 aromatic carbocycles. The quantitative estimate of drug-likeness (QED) is 0.807. The monoisotopic (exact) mass is 274 g/mol. The fraction of sp³-hybridized carbons (Fsp3) is 0.500. The summed E-state index contributed by atoms with van der Waals surface area (Å²) in [6.45, 7) is 5.46. The Morgan fingerprint density at radius 3 is 2.70 bits per heavy atom. The zero-order chi connectivity index (χ0) is 14.5. The number of carbonyl (C=O) groups is 2. The second-order valence-corrected chi connectivity index (χ2v) is 5.19. The van der Waals surface area contributed by atoms with Crippen LogP contribution in [0.3, 0.4) is 0 Å². The van der Waals surface area contributed by atoms with Crippen LogP contribution in [0.1, 0.15) is 42.6 Å². The largest absolute Gasteiger partial charge is 0.312 e. The molecule has 1 aliphatic rings. The topological polar surface area (TPSA) is 49.4 Å². The highest BCUT2D eigenvalue weighted by atomic mass is 16.2. The maximum atomic E-state index is 12.4. The molecule has 0 aliphatic carbocycles. The number of nitrogens with one attached hydrogen (secondary N) is 1. The van der Waals surface area contributed by atoms with Gasteiger partial charge in [0.2, 0.25) is 5.91 Å². The molecule has 1 unspecified atom stereocenters. The highest BCUT2D eigenvalue weighted by Gasteiger charge is 2.31. The third-order valence-electron chi connectivity index (χ3n) is 3.67. The number of nitrogens with zero attached hydrogens (tertiary/aromatic N) is 1. The molecule has 4 heteroatoms. The van der Waals surface area contributed by atoms with Crippen molar-refractivity contribution in [2.45, 2.75) is 39.2 Å². The predicted molar refractivity (Wildman–Crippen MR) is 78.6 cm³/mol. The Hall–Kier alpha value is -1.68. The highest BCUT2D eigenvalue weighted by molar-refractivity contribution is 6.09. The van der Waals surface area contributed by atoms with Crippen LogP contribution in [0, 0.1) is 0 Å². The van der Waals surface area contributed by atoms with Gasteiger partial charge in [-0.1, -0.05) is 38.5 Å². The summed E-state index contributed by atoms with van der Waals surface area (Å²) in [5, 5.41) is 3.35. The Labute approximate surface area is 120 Å². The fourth-order valence-electron chi connectivity index (χ4n) is 2.70. The summed E-state index contributed by atoms with van der Waals surface area (Å²) in [5.74, 6) is -0.247. The van der Waals surface area contributed by atoms with Crippen molar-refractivity contribution in [3.63, 3.8) is 0 Å². The van der Waals surface area contributed by atoms with Crippen molar-refractivity contribution >= 4 is 11.8 Å². The van der Waals surface area contributed by atoms with Crippen LogP contribution in [0.25, 0.3) is 0 Å². The Morgan fingerprint density at radius 2 is 2.00 bits per heavy atom. The van der Waals surface area contributed by atoms with Crippen LogP contribution in [0.4, 0.5) is 0 Å². The van der Waals surface area contributed by atoms with Gasteiger partial charge in [-0.2, -0.15) is 0 Å². The molecule has 1 N–H and O–H groups in total. The number of amides is 2. The first-order valence-corrected chi connectivity index (χ1v) is 7.33. The highest BCUT2D eigenvalue weighted by Crippen LogP contribution is 2.20. The van der Waals surface area contributed by atoms with Gasteiger partial charge in [-0.25, -0.2) is 0 Å². The summed E-state index contributed by atoms with van der Waals surface area (Å²) in [6, 6.07) is 7.56. The standard InChI is InChI=1S/C16H22N2O2/c1-3-7-13(17-4-2)11-18-15(19)10-12-8-5-6-9-14(12)16(18)20/h5-6,8-9,13,17H,3-4,7,10-11H2,1-2H3. The number of rotatable bonds is 6. The number of imide groups is 1. The van der Waals surface area contributed by atoms with Gasteiger partial charge in [0.05, 0.1) is 6.42 Å². The first-order valence-electron chi connectivity index (χ1n) is 7.33. The van der Waals surface area contributed by atoms with Gasteiger partial charge in [0.1, 0.15) is 0 Å². The lowest BCUT2D eigenvalue weighted by Gasteiger charge is -2.30. The van der Waals surface area contributed by atoms with Crippen LogP contribution in [-0.2, 0) is 11.2 Å². The number of likely N-dealkylation sites (N-methyl/N-ethyl adjacent to an activating group) is 1. The van der Waals surface area contributed by atoms with Gasteiger partial charge in [0.25, 0.3) is 5.91 Å². The second kappa shape index (κ2) is 6.66. The molecule has 0 saturated heterocycles. The van der Waals surface area contributed by atoms with Crippen molar-refractivity contribution < 1.29 is 9.59 Å². The van der Waals surface area contributed by atoms with E-state index in [0.29, 0.717) is 18.5 Å². The molecule has 1 atom stereocenters. The summed E-state index contributed by atoms with van der Waals surface area (Å²) < 4.78 is 0. The molecule has 0 radical (unpaired) electrons. The van der Waals surface area contributed by atoms with E-state index in [1.54, 1.807) is 6.07 Å². The lowest BCUT2D eigenvalue weighted by molar-refractivity contribution is -0.128. The van der Waals surface area contributed by atoms with Crippen LogP contribution in [0.2, 0.25) is 0 Å². The Kier molecular flexibility index (Phi) is 4.90. The van der Waals surface area contributed by atoms with Crippen molar-refractivity contribution in [3.8, 4) is 0 Å². The van der Waals surface area contributed by atoms with E-state index in [-0.39, 0.29) is 17.9 Å². The maximum absolute atomic E-state index is 12.4. The van der Waals surface area contributed by atoms with Crippen molar-refractivity contribution in [2.24, 2.45) is 0 Å². The zero-order valence-corrected chi connectivity index (χ0v) is 12.2. The first kappa shape index (κ1) is 14.7. The van der Waals surface area contributed by atoms with Gasteiger partial charge in [-0.3, -0.25) is 14.5 Å². The summed E-state index contributed by atoms with van der Waals surface area (Å²) >= 11 is 0. The lowest BCUT2D eigenvalue weighted by atomic mass is 9.98. The van der Waals surface area contributed by atoms with E-state index in [2.05, 4.69) is 12.2 Å². The molecule has 4 nitrogen and oxygen atoms in total. The zero-order valence-electron chi connectivity index (χ0n) is 12.2. The number of fused-ring (bicyclic) bond motifs is 1. The van der Waals surface area contributed by atoms with E-state index < -0.39 is 0 Å². The fourth-order valence-corrected chi connectivity index (χ4v) is 2.70. The first-order chi connectivity index (χ1) is 9.67. The van der Waals surface area contributed by atoms with Gasteiger partial charge < -0.3 is 5.32 Å². The van der Waals surface area contributed by atoms with E-state index in [4.69, 9.17) is 0 Å². The van der Waals surface area contributed by atoms with E-state index in [0.717, 1.165) is 24.9 Å². The Balaban J connectivity index is 2.16. The van der Waals surface area contributed by atoms with E-state index in [1.165, 1.54) is 4.90 Å². The molecule has 0 bridgehead atoms. The third-order valence-corrected chi connectivity index (χ3v) is 3.67. The van der Waals surface area contributed by atoms with Gasteiger partial charge >= 0.3 is 0 Å². The molecule has 0 aromatic heterocycles. The SMILES string of the molecule is CCCC(CN1C(=O)Cc2ccccc2C1=O)NCC. The summed E-state index contributed by atoms with van der Waals surface area (Å²) in [7, 11) is 0. The molecule has 0 saturated carbocycles. The molecule has 1 aliphatic heterocycles. The van der Waals surface area contributed by atoms with Crippen molar-refractivity contribution in [3.05, 3.63) is 35.4 Å². The smallest absolute Gasteiger partial charge is 0.260 e. The molecular weight excluding hydrogens is 252 g/mol. The Bertz CT molecular complexity index is 493. The molecule has 108 valence electrons. The lowest BCUT2D eigenvalue weighted by Crippen LogP contribution is -2.49. The third kappa shape index (κ3) is 3.07. The minimum atomic E-state index is -0.157. The Morgan fingerprint density at radius 1 is 1.25 bits per heavy atom. The number of carbonyl (C=O) groups excluding carboxylic acids is 2. The number of hydrogen-bond acceptors (Lipinski definition) is 3. The molecule has 1 heterocycles. The molecule has 0 fully saturated rings. The van der Waals surface area contributed by atoms with Gasteiger partial charge in [-0.05, 0) is 24.6 Å². The normalized spacial score (nSPS) is 16.2. The molecule has 0 spiro atoms. The predicted octanol–water partition coefficient (Wildman–Crippen LogP) is 1.99. The minimum Gasteiger partial charge on any atom is -0.312 e. The molecule has 1 aromatic rings. The van der Waals surface area contributed by atoms with Crippen LogP contribution < -0.4 is 5.32 Å². The van der Waals surface area contributed by atoms with Crippen molar-refractivity contribution in [2.75, 3.05) is 13.1 Å². The van der Waals surface area contributed by atoms with Crippen LogP contribution in [0.5, 0.6) is 0 Å². The van der Waals surface area contributed by atoms with Crippen LogP contribution in [0.15, 0.2) is 24.3 Å². The van der Waals surface area contributed by atoms with Gasteiger partial charge in [0.15, 0.2) is 0 Å². The second-order valence-electron chi connectivity index (χ2n) is 5.19. The van der Waals surface area contributed by atoms with E-state index in [9.17, 15) is 9.59 Å². The minimum absolute atomic E-state index is 0.0901. The van der Waals surface area contributed by atoms with E-state index in [1.807, 2.05) is 25.1 Å². The van der Waals surface area contributed by atoms with Crippen molar-refractivity contribution in [1.82, 2.24) is 10.2 Å². The summed E-state index contributed by atoms with van der Waals surface area (Å²) in [4.78, 5) is 26.0. The molecular formula is C16H22N2O2. The van der Waals surface area contributed by atoms with Crippen molar-refractivity contribution in [1.29, 1.82) is 0 Å². The van der Waals surface area contributed by atoms with Crippen LogP contribution >= 0.6 is 0 Å². The summed E-state index contributed by atoms with van der Waals surface area (Å²) in [5.41, 5.74) is 1.51. The average molecular weight is 274 g/mol. The van der Waals surface area contributed by atoms with Crippen LogP contribution in [-0.4, -0.2) is 35.8 Å². The summed E-state index contributed by atoms with van der Waals surface area (Å²) in [6.07, 6.45) is 2.32. The molecule has 2 rings (SSSR count). The average Bonchev–Trinajstić information content (AvgIpc) is 2.44. The molecule has 2 amide bonds. The molecule has 20 heavy (non-hydrogen) atoms. The van der Waals surface area contributed by atoms with Gasteiger partial charge in [0, 0.05) is 18.2 Å². The number of hydrogen-bond donors (Lipinski definition) is 1.